The number of benzene rings is 1. The van der Waals surface area contributed by atoms with E-state index in [-0.39, 0.29) is 0 Å². The van der Waals surface area contributed by atoms with Crippen molar-refractivity contribution in [3.8, 4) is 0 Å². The van der Waals surface area contributed by atoms with Crippen molar-refractivity contribution >= 4 is 7.60 Å². The van der Waals surface area contributed by atoms with Crippen LogP contribution in [0.15, 0.2) is 29.4 Å². The molecule has 130 valence electrons. The highest BCUT2D eigenvalue weighted by Crippen LogP contribution is 2.62. The molecule has 0 aliphatic heterocycles. The van der Waals surface area contributed by atoms with E-state index in [2.05, 4.69) is 5.11 Å². The topological polar surface area (TPSA) is 94.2 Å². The van der Waals surface area contributed by atoms with Crippen LogP contribution in [0.4, 0.5) is 0 Å². The number of hydrogen-bond donors (Lipinski definition) is 1. The first-order valence-corrected chi connectivity index (χ1v) is 8.70. The van der Waals surface area contributed by atoms with E-state index in [0.717, 1.165) is 5.56 Å². The fourth-order valence-corrected chi connectivity index (χ4v) is 3.36. The number of aliphatic hydroxyl groups is 1. The Hall–Kier alpha value is -1.27. The van der Waals surface area contributed by atoms with Crippen LogP contribution >= 0.6 is 7.60 Å². The first kappa shape index (κ1) is 19.8. The standard InChI is InChI=1S/C15H25N2O5P/c1-12-7-9-13(10-8-12)15(18,23(20,21-5)22-6)11-16-17(19)14(2,3)4/h7-10,18H,11H2,1-6H3/t15-/m1/s1. The number of azo groups is 1. The van der Waals surface area contributed by atoms with Gasteiger partial charge < -0.3 is 19.4 Å². The van der Waals surface area contributed by atoms with Crippen molar-refractivity contribution in [1.82, 2.24) is 0 Å². The van der Waals surface area contributed by atoms with E-state index in [1.165, 1.54) is 14.2 Å². The van der Waals surface area contributed by atoms with Gasteiger partial charge in [0, 0.05) is 35.0 Å². The summed E-state index contributed by atoms with van der Waals surface area (Å²) in [7, 11) is -1.59. The van der Waals surface area contributed by atoms with Gasteiger partial charge in [0.05, 0.1) is 0 Å². The lowest BCUT2D eigenvalue weighted by Gasteiger charge is -2.31. The molecule has 1 atom stereocenters. The maximum atomic E-state index is 12.8. The zero-order chi connectivity index (χ0) is 17.9. The van der Waals surface area contributed by atoms with Crippen molar-refractivity contribution in [2.75, 3.05) is 20.8 Å². The van der Waals surface area contributed by atoms with E-state index in [4.69, 9.17) is 9.05 Å². The quantitative estimate of drug-likeness (QED) is 0.369. The molecule has 0 spiro atoms. The van der Waals surface area contributed by atoms with Crippen LogP contribution < -0.4 is 0 Å². The highest BCUT2D eigenvalue weighted by atomic mass is 31.2. The smallest absolute Gasteiger partial charge is 0.368 e. The average Bonchev–Trinajstić information content (AvgIpc) is 2.50. The van der Waals surface area contributed by atoms with Gasteiger partial charge in [-0.05, 0) is 17.6 Å². The van der Waals surface area contributed by atoms with E-state index in [1.807, 2.05) is 6.92 Å². The van der Waals surface area contributed by atoms with Gasteiger partial charge in [-0.2, -0.15) is 0 Å². The fraction of sp³-hybridized carbons (Fsp3) is 0.600. The predicted molar refractivity (Wildman–Crippen MR) is 87.4 cm³/mol. The van der Waals surface area contributed by atoms with Crippen molar-refractivity contribution in [2.24, 2.45) is 5.11 Å². The van der Waals surface area contributed by atoms with Crippen molar-refractivity contribution in [3.63, 3.8) is 0 Å². The zero-order valence-corrected chi connectivity index (χ0v) is 15.3. The molecule has 0 amide bonds. The summed E-state index contributed by atoms with van der Waals surface area (Å²) in [5, 5.41) is 24.8. The Balaban J connectivity index is 3.38. The monoisotopic (exact) mass is 344 g/mol. The maximum Gasteiger partial charge on any atom is 0.368 e. The van der Waals surface area contributed by atoms with Crippen LogP contribution in [0.3, 0.4) is 0 Å². The molecule has 0 radical (unpaired) electrons. The molecule has 0 saturated heterocycles. The molecule has 0 aliphatic rings. The Kier molecular flexibility index (Phi) is 6.10. The summed E-state index contributed by atoms with van der Waals surface area (Å²) in [6.45, 7) is 6.48. The normalized spacial score (nSPS) is 16.2. The van der Waals surface area contributed by atoms with E-state index >= 15 is 0 Å². The summed E-state index contributed by atoms with van der Waals surface area (Å²) in [6.07, 6.45) is 0. The number of aryl methyl sites for hydroxylation is 1. The Morgan fingerprint density at radius 2 is 1.70 bits per heavy atom. The lowest BCUT2D eigenvalue weighted by Crippen LogP contribution is -2.34. The molecule has 1 aromatic rings. The number of rotatable bonds is 6. The van der Waals surface area contributed by atoms with Gasteiger partial charge in [0.25, 0.3) is 0 Å². The van der Waals surface area contributed by atoms with Crippen LogP contribution in [0.5, 0.6) is 0 Å². The Bertz CT molecular complexity index is 601. The van der Waals surface area contributed by atoms with Crippen molar-refractivity contribution < 1.29 is 23.6 Å². The molecule has 0 heterocycles. The van der Waals surface area contributed by atoms with Crippen LogP contribution in [-0.4, -0.2) is 36.3 Å². The second kappa shape index (κ2) is 7.09. The Morgan fingerprint density at radius 3 is 2.09 bits per heavy atom. The lowest BCUT2D eigenvalue weighted by molar-refractivity contribution is -0.600. The summed E-state index contributed by atoms with van der Waals surface area (Å²) in [4.78, 5) is 0.474. The van der Waals surface area contributed by atoms with Gasteiger partial charge in [-0.25, -0.2) is 0 Å². The van der Waals surface area contributed by atoms with Crippen LogP contribution in [0.1, 0.15) is 31.9 Å². The Morgan fingerprint density at radius 1 is 1.22 bits per heavy atom. The fourth-order valence-electron chi connectivity index (χ4n) is 1.91. The van der Waals surface area contributed by atoms with Crippen molar-refractivity contribution in [3.05, 3.63) is 40.6 Å². The molecule has 0 fully saturated rings. The molecular formula is C15H25N2O5P. The number of nitrogens with zero attached hydrogens (tertiary/aromatic N) is 2. The van der Waals surface area contributed by atoms with Crippen molar-refractivity contribution in [2.45, 2.75) is 38.6 Å². The summed E-state index contributed by atoms with van der Waals surface area (Å²) in [5.41, 5.74) is 0.497. The minimum Gasteiger partial charge on any atom is -0.600 e. The van der Waals surface area contributed by atoms with Gasteiger partial charge >= 0.3 is 7.60 Å². The third kappa shape index (κ3) is 4.18. The highest BCUT2D eigenvalue weighted by Gasteiger charge is 2.51. The minimum atomic E-state index is -3.95. The second-order valence-electron chi connectivity index (χ2n) is 6.29. The first-order valence-electron chi connectivity index (χ1n) is 7.16. The molecule has 23 heavy (non-hydrogen) atoms. The molecule has 0 saturated carbocycles. The Labute approximate surface area is 137 Å². The third-order valence-corrected chi connectivity index (χ3v) is 5.71. The van der Waals surface area contributed by atoms with Crippen LogP contribution in [-0.2, 0) is 19.0 Å². The highest BCUT2D eigenvalue weighted by molar-refractivity contribution is 7.54. The van der Waals surface area contributed by atoms with Crippen molar-refractivity contribution in [1.29, 1.82) is 0 Å². The van der Waals surface area contributed by atoms with Gasteiger partial charge in [0.1, 0.15) is 6.54 Å². The second-order valence-corrected chi connectivity index (χ2v) is 8.75. The van der Waals surface area contributed by atoms with Crippen LogP contribution in [0.25, 0.3) is 0 Å². The van der Waals surface area contributed by atoms with Crippen LogP contribution in [0.2, 0.25) is 0 Å². The lowest BCUT2D eigenvalue weighted by atomic mass is 10.1. The molecule has 1 aromatic carbocycles. The minimum absolute atomic E-state index is 0.307. The largest absolute Gasteiger partial charge is 0.600 e. The summed E-state index contributed by atoms with van der Waals surface area (Å²) >= 11 is 0. The third-order valence-electron chi connectivity index (χ3n) is 3.44. The number of hydrogen-bond acceptors (Lipinski definition) is 6. The molecule has 7 nitrogen and oxygen atoms in total. The van der Waals surface area contributed by atoms with Gasteiger partial charge in [-0.1, -0.05) is 34.7 Å². The molecule has 0 aromatic heterocycles. The van der Waals surface area contributed by atoms with Gasteiger partial charge in [-0.15, -0.1) is 0 Å². The summed E-state index contributed by atoms with van der Waals surface area (Å²) in [6, 6.07) is 6.74. The predicted octanol–water partition coefficient (Wildman–Crippen LogP) is 3.39. The van der Waals surface area contributed by atoms with E-state index in [0.29, 0.717) is 10.4 Å². The van der Waals surface area contributed by atoms with Gasteiger partial charge in [0.2, 0.25) is 5.34 Å². The maximum absolute atomic E-state index is 12.8. The van der Waals surface area contributed by atoms with E-state index in [1.54, 1.807) is 45.0 Å². The summed E-state index contributed by atoms with van der Waals surface area (Å²) in [5.74, 6) is 0. The molecular weight excluding hydrogens is 319 g/mol. The number of hydroxylamine groups is 1. The first-order chi connectivity index (χ1) is 10.5. The zero-order valence-electron chi connectivity index (χ0n) is 14.4. The molecule has 1 rings (SSSR count). The van der Waals surface area contributed by atoms with Gasteiger partial charge in [-0.3, -0.25) is 4.57 Å². The van der Waals surface area contributed by atoms with Gasteiger partial charge in [0.15, 0.2) is 5.54 Å². The summed E-state index contributed by atoms with van der Waals surface area (Å²) < 4.78 is 22.8. The van der Waals surface area contributed by atoms with E-state index in [9.17, 15) is 14.9 Å². The van der Waals surface area contributed by atoms with E-state index < -0.39 is 25.0 Å². The molecule has 0 bridgehead atoms. The molecule has 0 aliphatic carbocycles. The SMILES string of the molecule is COP(=O)(OC)[C@](O)(CN=[N+]([O-])C(C)(C)C)c1ccc(C)cc1. The molecule has 1 N–H and O–H groups in total. The molecule has 0 unspecified atom stereocenters. The average molecular weight is 344 g/mol. The van der Waals surface area contributed by atoms with Crippen LogP contribution in [0, 0.1) is 12.1 Å². The molecule has 8 heteroatoms.